The van der Waals surface area contributed by atoms with Gasteiger partial charge in [0.15, 0.2) is 0 Å². The Hall–Kier alpha value is -1.75. The van der Waals surface area contributed by atoms with Crippen molar-refractivity contribution in [1.82, 2.24) is 10.2 Å². The molecule has 122 valence electrons. The number of hydrogen-bond acceptors (Lipinski definition) is 3. The maximum absolute atomic E-state index is 12.0. The van der Waals surface area contributed by atoms with Crippen LogP contribution in [0.15, 0.2) is 47.1 Å². The van der Waals surface area contributed by atoms with Gasteiger partial charge >= 0.3 is 0 Å². The van der Waals surface area contributed by atoms with Gasteiger partial charge in [-0.2, -0.15) is 0 Å². The standard InChI is InChI=1S/C17H18Cl2N2O2/c1-21(2)15(16-4-3-9-23-16)11-20-17(22)8-6-12-5-7-13(18)14(19)10-12/h3-10,15H,11H2,1-2H3,(H,20,22). The molecule has 0 saturated heterocycles. The number of nitrogens with one attached hydrogen (secondary N) is 1. The van der Waals surface area contributed by atoms with Crippen molar-refractivity contribution in [2.75, 3.05) is 20.6 Å². The van der Waals surface area contributed by atoms with E-state index in [0.717, 1.165) is 11.3 Å². The largest absolute Gasteiger partial charge is 0.468 e. The first-order valence-corrected chi connectivity index (χ1v) is 7.84. The molecule has 0 aliphatic carbocycles. The number of rotatable bonds is 6. The summed E-state index contributed by atoms with van der Waals surface area (Å²) in [6.07, 6.45) is 4.78. The molecule has 2 aromatic rings. The molecule has 0 fully saturated rings. The molecule has 6 heteroatoms. The van der Waals surface area contributed by atoms with Gasteiger partial charge in [-0.1, -0.05) is 29.3 Å². The van der Waals surface area contributed by atoms with Crippen LogP contribution >= 0.6 is 23.2 Å². The quantitative estimate of drug-likeness (QED) is 0.798. The molecule has 4 nitrogen and oxygen atoms in total. The fraction of sp³-hybridized carbons (Fsp3) is 0.235. The molecule has 23 heavy (non-hydrogen) atoms. The number of nitrogens with zero attached hydrogens (tertiary/aromatic N) is 1. The lowest BCUT2D eigenvalue weighted by atomic mass is 10.2. The van der Waals surface area contributed by atoms with E-state index in [0.29, 0.717) is 16.6 Å². The Labute approximate surface area is 145 Å². The van der Waals surface area contributed by atoms with E-state index >= 15 is 0 Å². The smallest absolute Gasteiger partial charge is 0.244 e. The van der Waals surface area contributed by atoms with Gasteiger partial charge in [0.25, 0.3) is 0 Å². The normalized spacial score (nSPS) is 12.7. The number of hydrogen-bond donors (Lipinski definition) is 1. The summed E-state index contributed by atoms with van der Waals surface area (Å²) < 4.78 is 5.40. The fourth-order valence-corrected chi connectivity index (χ4v) is 2.37. The van der Waals surface area contributed by atoms with E-state index in [1.165, 1.54) is 6.08 Å². The molecule has 0 saturated carbocycles. The molecule has 0 bridgehead atoms. The van der Waals surface area contributed by atoms with E-state index in [-0.39, 0.29) is 11.9 Å². The second kappa shape index (κ2) is 8.20. The molecule has 1 atom stereocenters. The third kappa shape index (κ3) is 5.13. The second-order valence-electron chi connectivity index (χ2n) is 5.25. The minimum absolute atomic E-state index is 0.0210. The van der Waals surface area contributed by atoms with Gasteiger partial charge in [0, 0.05) is 12.6 Å². The van der Waals surface area contributed by atoms with E-state index in [9.17, 15) is 4.79 Å². The summed E-state index contributed by atoms with van der Waals surface area (Å²) in [6, 6.07) is 8.90. The number of halogens is 2. The van der Waals surface area contributed by atoms with Crippen molar-refractivity contribution in [2.24, 2.45) is 0 Å². The Morgan fingerprint density at radius 3 is 2.70 bits per heavy atom. The molecule has 0 radical (unpaired) electrons. The van der Waals surface area contributed by atoms with E-state index in [4.69, 9.17) is 27.6 Å². The first kappa shape index (κ1) is 17.6. The molecule has 2 rings (SSSR count). The molecular formula is C17H18Cl2N2O2. The molecule has 0 spiro atoms. The summed E-state index contributed by atoms with van der Waals surface area (Å²) >= 11 is 11.8. The Morgan fingerprint density at radius 2 is 2.09 bits per heavy atom. The van der Waals surface area contributed by atoms with Crippen LogP contribution < -0.4 is 5.32 Å². The number of likely N-dealkylation sites (N-methyl/N-ethyl adjacent to an activating group) is 1. The van der Waals surface area contributed by atoms with Crippen LogP contribution in [-0.2, 0) is 4.79 Å². The minimum atomic E-state index is -0.186. The first-order valence-electron chi connectivity index (χ1n) is 7.08. The van der Waals surface area contributed by atoms with Crippen LogP contribution in [0.1, 0.15) is 17.4 Å². The second-order valence-corrected chi connectivity index (χ2v) is 6.06. The van der Waals surface area contributed by atoms with Gasteiger partial charge < -0.3 is 9.73 Å². The fourth-order valence-electron chi connectivity index (χ4n) is 2.06. The van der Waals surface area contributed by atoms with Crippen molar-refractivity contribution in [2.45, 2.75) is 6.04 Å². The van der Waals surface area contributed by atoms with E-state index in [1.807, 2.05) is 31.1 Å². The lowest BCUT2D eigenvalue weighted by Crippen LogP contribution is -2.33. The van der Waals surface area contributed by atoms with Gasteiger partial charge in [0.05, 0.1) is 22.4 Å². The molecule has 1 aromatic heterocycles. The van der Waals surface area contributed by atoms with Crippen LogP contribution in [-0.4, -0.2) is 31.4 Å². The number of amides is 1. The maximum Gasteiger partial charge on any atom is 0.244 e. The zero-order valence-electron chi connectivity index (χ0n) is 12.9. The molecule has 0 aliphatic heterocycles. The van der Waals surface area contributed by atoms with Crippen molar-refractivity contribution < 1.29 is 9.21 Å². The monoisotopic (exact) mass is 352 g/mol. The molecular weight excluding hydrogens is 335 g/mol. The highest BCUT2D eigenvalue weighted by atomic mass is 35.5. The highest BCUT2D eigenvalue weighted by Gasteiger charge is 2.17. The maximum atomic E-state index is 12.0. The lowest BCUT2D eigenvalue weighted by Gasteiger charge is -2.22. The average Bonchev–Trinajstić information content (AvgIpc) is 3.02. The van der Waals surface area contributed by atoms with Crippen molar-refractivity contribution in [1.29, 1.82) is 0 Å². The van der Waals surface area contributed by atoms with Crippen molar-refractivity contribution in [3.63, 3.8) is 0 Å². The number of carbonyl (C=O) groups excluding carboxylic acids is 1. The minimum Gasteiger partial charge on any atom is -0.468 e. The van der Waals surface area contributed by atoms with Gasteiger partial charge in [-0.05, 0) is 50.0 Å². The van der Waals surface area contributed by atoms with Gasteiger partial charge in [0.2, 0.25) is 5.91 Å². The van der Waals surface area contributed by atoms with Crippen LogP contribution in [0.2, 0.25) is 10.0 Å². The summed E-state index contributed by atoms with van der Waals surface area (Å²) in [5, 5.41) is 3.81. The van der Waals surface area contributed by atoms with E-state index < -0.39 is 0 Å². The molecule has 1 unspecified atom stereocenters. The topological polar surface area (TPSA) is 45.5 Å². The Morgan fingerprint density at radius 1 is 1.30 bits per heavy atom. The molecule has 0 aliphatic rings. The number of carbonyl (C=O) groups is 1. The molecule has 1 heterocycles. The Bertz CT molecular complexity index is 682. The third-order valence-electron chi connectivity index (χ3n) is 3.34. The van der Waals surface area contributed by atoms with Crippen LogP contribution in [0.3, 0.4) is 0 Å². The molecule has 1 aromatic carbocycles. The summed E-state index contributed by atoms with van der Waals surface area (Å²) in [7, 11) is 3.87. The van der Waals surface area contributed by atoms with Crippen molar-refractivity contribution >= 4 is 35.2 Å². The molecule has 1 N–H and O–H groups in total. The predicted octanol–water partition coefficient (Wildman–Crippen LogP) is 4.02. The zero-order chi connectivity index (χ0) is 16.8. The zero-order valence-corrected chi connectivity index (χ0v) is 14.4. The number of furan rings is 1. The third-order valence-corrected chi connectivity index (χ3v) is 4.07. The van der Waals surface area contributed by atoms with Crippen molar-refractivity contribution in [3.05, 3.63) is 64.0 Å². The van der Waals surface area contributed by atoms with Gasteiger partial charge in [-0.25, -0.2) is 0 Å². The van der Waals surface area contributed by atoms with Crippen LogP contribution in [0.4, 0.5) is 0 Å². The summed E-state index contributed by atoms with van der Waals surface area (Å²) in [5.74, 6) is 0.623. The highest BCUT2D eigenvalue weighted by molar-refractivity contribution is 6.42. The SMILES string of the molecule is CN(C)C(CNC(=O)C=Cc1ccc(Cl)c(Cl)c1)c1ccco1. The van der Waals surface area contributed by atoms with E-state index in [2.05, 4.69) is 5.32 Å². The van der Waals surface area contributed by atoms with E-state index in [1.54, 1.807) is 30.5 Å². The first-order chi connectivity index (χ1) is 11.0. The van der Waals surface area contributed by atoms with Gasteiger partial charge in [-0.3, -0.25) is 9.69 Å². The summed E-state index contributed by atoms with van der Waals surface area (Å²) in [5.41, 5.74) is 0.810. The summed E-state index contributed by atoms with van der Waals surface area (Å²) in [4.78, 5) is 13.9. The summed E-state index contributed by atoms with van der Waals surface area (Å²) in [6.45, 7) is 0.449. The Balaban J connectivity index is 1.93. The highest BCUT2D eigenvalue weighted by Crippen LogP contribution is 2.23. The van der Waals surface area contributed by atoms with Crippen LogP contribution in [0.25, 0.3) is 6.08 Å². The lowest BCUT2D eigenvalue weighted by molar-refractivity contribution is -0.116. The van der Waals surface area contributed by atoms with Crippen molar-refractivity contribution in [3.8, 4) is 0 Å². The molecule has 1 amide bonds. The predicted molar refractivity (Wildman–Crippen MR) is 93.6 cm³/mol. The Kier molecular flexibility index (Phi) is 6.28. The van der Waals surface area contributed by atoms with Gasteiger partial charge in [0.1, 0.15) is 5.76 Å². The van der Waals surface area contributed by atoms with Crippen LogP contribution in [0.5, 0.6) is 0 Å². The average molecular weight is 353 g/mol. The number of benzene rings is 1. The van der Waals surface area contributed by atoms with Crippen LogP contribution in [0, 0.1) is 0 Å². The van der Waals surface area contributed by atoms with Gasteiger partial charge in [-0.15, -0.1) is 0 Å².